The summed E-state index contributed by atoms with van der Waals surface area (Å²) >= 11 is 3.32. The normalized spacial score (nSPS) is 11.9. The fourth-order valence-corrected chi connectivity index (χ4v) is 3.01. The molecule has 3 rings (SSSR count). The maximum absolute atomic E-state index is 11.8. The van der Waals surface area contributed by atoms with Gasteiger partial charge in [0, 0.05) is 16.9 Å². The molecule has 3 aromatic rings. The van der Waals surface area contributed by atoms with Gasteiger partial charge >= 0.3 is 0 Å². The Morgan fingerprint density at radius 3 is 2.65 bits per heavy atom. The molecule has 0 saturated heterocycles. The van der Waals surface area contributed by atoms with Crippen molar-refractivity contribution in [3.63, 3.8) is 0 Å². The smallest absolute Gasteiger partial charge is 0.177 e. The second kappa shape index (κ2) is 4.68. The van der Waals surface area contributed by atoms with Gasteiger partial charge in [-0.3, -0.25) is 4.98 Å². The number of nitrogens with zero attached hydrogens (tertiary/aromatic N) is 2. The van der Waals surface area contributed by atoms with Crippen LogP contribution in [0, 0.1) is 0 Å². The summed E-state index contributed by atoms with van der Waals surface area (Å²) in [4.78, 5) is 11.9. The minimum Gasteiger partial charge on any atom is -0.337 e. The molecule has 2 heterocycles. The molecule has 0 radical (unpaired) electrons. The van der Waals surface area contributed by atoms with Gasteiger partial charge in [0.25, 0.3) is 0 Å². The van der Waals surface area contributed by atoms with Gasteiger partial charge in [0.05, 0.1) is 10.4 Å². The van der Waals surface area contributed by atoms with E-state index in [0.29, 0.717) is 22.6 Å². The Bertz CT molecular complexity index is 886. The monoisotopic (exact) mass is 351 g/mol. The highest BCUT2D eigenvalue weighted by Gasteiger charge is 2.15. The molecular weight excluding hydrogens is 342 g/mol. The van der Waals surface area contributed by atoms with Gasteiger partial charge in [-0.15, -0.1) is 0 Å². The van der Waals surface area contributed by atoms with Crippen LogP contribution in [0.5, 0.6) is 0 Å². The Hall–Kier alpha value is -1.73. The number of hydrogen-bond acceptors (Lipinski definition) is 4. The molecule has 2 aromatic heterocycles. The Labute approximate surface area is 124 Å². The second-order valence-electron chi connectivity index (χ2n) is 4.37. The van der Waals surface area contributed by atoms with E-state index in [0.717, 1.165) is 4.47 Å². The topological polar surface area (TPSA) is 75.7 Å². The summed E-state index contributed by atoms with van der Waals surface area (Å²) in [6.07, 6.45) is 2.84. The number of fused-ring (bicyclic) bond motifs is 1. The number of para-hydroxylation sites is 1. The first-order valence-corrected chi connectivity index (χ1v) is 8.44. The maximum Gasteiger partial charge on any atom is 0.177 e. The minimum atomic E-state index is -3.32. The summed E-state index contributed by atoms with van der Waals surface area (Å²) in [5, 5.41) is 0. The van der Waals surface area contributed by atoms with Crippen molar-refractivity contribution in [2.75, 3.05) is 6.26 Å². The van der Waals surface area contributed by atoms with Crippen LogP contribution in [0.3, 0.4) is 0 Å². The van der Waals surface area contributed by atoms with Gasteiger partial charge in [-0.1, -0.05) is 6.07 Å². The summed E-state index contributed by atoms with van der Waals surface area (Å²) in [5.74, 6) is 0.545. The third-order valence-electron chi connectivity index (χ3n) is 2.85. The van der Waals surface area contributed by atoms with Crippen LogP contribution < -0.4 is 0 Å². The molecule has 0 amide bonds. The molecule has 0 saturated carbocycles. The van der Waals surface area contributed by atoms with E-state index in [2.05, 4.69) is 30.9 Å². The number of halogens is 1. The number of pyridine rings is 1. The van der Waals surface area contributed by atoms with Crippen molar-refractivity contribution < 1.29 is 8.42 Å². The van der Waals surface area contributed by atoms with Crippen molar-refractivity contribution in [2.45, 2.75) is 4.90 Å². The molecule has 0 bridgehead atoms. The molecule has 20 heavy (non-hydrogen) atoms. The summed E-state index contributed by atoms with van der Waals surface area (Å²) in [6.45, 7) is 0. The molecule has 1 aromatic carbocycles. The molecule has 102 valence electrons. The Kier molecular flexibility index (Phi) is 3.10. The first-order valence-electron chi connectivity index (χ1n) is 5.76. The molecule has 5 nitrogen and oxygen atoms in total. The molecule has 0 unspecified atom stereocenters. The van der Waals surface area contributed by atoms with Crippen molar-refractivity contribution in [3.8, 4) is 11.5 Å². The van der Waals surface area contributed by atoms with E-state index in [1.165, 1.54) is 6.26 Å². The largest absolute Gasteiger partial charge is 0.337 e. The summed E-state index contributed by atoms with van der Waals surface area (Å²) in [6, 6.07) is 8.70. The number of rotatable bonds is 2. The van der Waals surface area contributed by atoms with Gasteiger partial charge < -0.3 is 4.98 Å². The molecule has 0 atom stereocenters. The summed E-state index contributed by atoms with van der Waals surface area (Å²) in [5.41, 5.74) is 1.77. The molecule has 0 aliphatic heterocycles. The fourth-order valence-electron chi connectivity index (χ4n) is 1.94. The van der Waals surface area contributed by atoms with Gasteiger partial charge in [-0.05, 0) is 40.2 Å². The molecular formula is C13H10BrN3O2S. The average Bonchev–Trinajstić information content (AvgIpc) is 2.81. The third-order valence-corrected chi connectivity index (χ3v) is 4.44. The molecule has 0 aliphatic carbocycles. The SMILES string of the molecule is CS(=O)(=O)c1cccc2[nH]c(-c3ccc(Br)cn3)nc12. The van der Waals surface area contributed by atoms with Gasteiger partial charge in [-0.2, -0.15) is 0 Å². The summed E-state index contributed by atoms with van der Waals surface area (Å²) in [7, 11) is -3.32. The lowest BCUT2D eigenvalue weighted by molar-refractivity contribution is 0.602. The highest BCUT2D eigenvalue weighted by molar-refractivity contribution is 9.10. The number of hydrogen-bond donors (Lipinski definition) is 1. The van der Waals surface area contributed by atoms with E-state index in [1.807, 2.05) is 12.1 Å². The molecule has 7 heteroatoms. The van der Waals surface area contributed by atoms with Crippen molar-refractivity contribution in [1.82, 2.24) is 15.0 Å². The van der Waals surface area contributed by atoms with E-state index in [-0.39, 0.29) is 4.90 Å². The van der Waals surface area contributed by atoms with Gasteiger partial charge in [0.1, 0.15) is 11.2 Å². The number of H-pyrrole nitrogens is 1. The number of imidazole rings is 1. The predicted octanol–water partition coefficient (Wildman–Crippen LogP) is 2.79. The maximum atomic E-state index is 11.8. The van der Waals surface area contributed by atoms with Crippen molar-refractivity contribution in [3.05, 3.63) is 41.0 Å². The van der Waals surface area contributed by atoms with E-state index >= 15 is 0 Å². The van der Waals surface area contributed by atoms with E-state index in [1.54, 1.807) is 24.4 Å². The zero-order chi connectivity index (χ0) is 14.3. The highest BCUT2D eigenvalue weighted by Crippen LogP contribution is 2.24. The Morgan fingerprint density at radius 1 is 1.20 bits per heavy atom. The average molecular weight is 352 g/mol. The van der Waals surface area contributed by atoms with Crippen LogP contribution in [0.2, 0.25) is 0 Å². The number of sulfone groups is 1. The van der Waals surface area contributed by atoms with Crippen molar-refractivity contribution in [1.29, 1.82) is 0 Å². The van der Waals surface area contributed by atoms with Gasteiger partial charge in [0.15, 0.2) is 15.7 Å². The van der Waals surface area contributed by atoms with Crippen LogP contribution in [0.1, 0.15) is 0 Å². The highest BCUT2D eigenvalue weighted by atomic mass is 79.9. The first-order chi connectivity index (χ1) is 9.45. The van der Waals surface area contributed by atoms with Crippen LogP contribution in [-0.4, -0.2) is 29.6 Å². The van der Waals surface area contributed by atoms with Crippen LogP contribution >= 0.6 is 15.9 Å². The number of aromatic nitrogens is 3. The Balaban J connectivity index is 2.23. The van der Waals surface area contributed by atoms with E-state index < -0.39 is 9.84 Å². The molecule has 0 aliphatic rings. The number of benzene rings is 1. The van der Waals surface area contributed by atoms with E-state index in [9.17, 15) is 8.42 Å². The standard InChI is InChI=1S/C13H10BrN3O2S/c1-20(18,19)11-4-2-3-9-12(11)17-13(16-9)10-6-5-8(14)7-15-10/h2-7H,1H3,(H,16,17). The first kappa shape index (κ1) is 13.3. The van der Waals surface area contributed by atoms with Crippen LogP contribution in [0.25, 0.3) is 22.6 Å². The fraction of sp³-hybridized carbons (Fsp3) is 0.0769. The number of nitrogens with one attached hydrogen (secondary N) is 1. The Morgan fingerprint density at radius 2 is 2.00 bits per heavy atom. The second-order valence-corrected chi connectivity index (χ2v) is 7.27. The lowest BCUT2D eigenvalue weighted by Crippen LogP contribution is -1.97. The quantitative estimate of drug-likeness (QED) is 0.770. The lowest BCUT2D eigenvalue weighted by Gasteiger charge is -1.97. The lowest BCUT2D eigenvalue weighted by atomic mass is 10.3. The molecule has 1 N–H and O–H groups in total. The van der Waals surface area contributed by atoms with Crippen LogP contribution in [0.4, 0.5) is 0 Å². The van der Waals surface area contributed by atoms with Crippen molar-refractivity contribution >= 4 is 36.8 Å². The zero-order valence-corrected chi connectivity index (χ0v) is 12.9. The molecule has 0 fully saturated rings. The van der Waals surface area contributed by atoms with Gasteiger partial charge in [0.2, 0.25) is 0 Å². The van der Waals surface area contributed by atoms with Crippen LogP contribution in [-0.2, 0) is 9.84 Å². The third kappa shape index (κ3) is 2.34. The van der Waals surface area contributed by atoms with Crippen LogP contribution in [0.15, 0.2) is 45.9 Å². The minimum absolute atomic E-state index is 0.217. The van der Waals surface area contributed by atoms with Crippen molar-refractivity contribution in [2.24, 2.45) is 0 Å². The molecule has 0 spiro atoms. The zero-order valence-electron chi connectivity index (χ0n) is 10.5. The van der Waals surface area contributed by atoms with Gasteiger partial charge in [-0.25, -0.2) is 13.4 Å². The predicted molar refractivity (Wildman–Crippen MR) is 80.1 cm³/mol. The summed E-state index contributed by atoms with van der Waals surface area (Å²) < 4.78 is 24.4. The number of aromatic amines is 1. The van der Waals surface area contributed by atoms with E-state index in [4.69, 9.17) is 0 Å².